The molecule has 1 saturated heterocycles. The number of hydrogen-bond donors (Lipinski definition) is 4. The summed E-state index contributed by atoms with van der Waals surface area (Å²) < 4.78 is 0. The number of piperidine rings is 1. The van der Waals surface area contributed by atoms with Gasteiger partial charge in [0.15, 0.2) is 0 Å². The number of nitrogen functional groups attached to an aromatic ring is 1. The molecular weight excluding hydrogens is 454 g/mol. The number of likely N-dealkylation sites (tertiary alicyclic amines) is 1. The van der Waals surface area contributed by atoms with E-state index in [1.54, 1.807) is 41.3 Å². The second-order valence-electron chi connectivity index (χ2n) is 9.02. The first-order valence-electron chi connectivity index (χ1n) is 11.6. The maximum atomic E-state index is 12.8. The highest BCUT2D eigenvalue weighted by molar-refractivity contribution is 6.17. The van der Waals surface area contributed by atoms with Crippen LogP contribution < -0.4 is 16.4 Å². The second-order valence-corrected chi connectivity index (χ2v) is 9.02. The van der Waals surface area contributed by atoms with Gasteiger partial charge < -0.3 is 21.3 Å². The van der Waals surface area contributed by atoms with Crippen LogP contribution in [0.4, 0.5) is 17.3 Å². The Labute approximate surface area is 208 Å². The maximum Gasteiger partial charge on any atom is 0.298 e. The Morgan fingerprint density at radius 2 is 1.86 bits per heavy atom. The van der Waals surface area contributed by atoms with E-state index in [1.807, 2.05) is 18.2 Å². The second kappa shape index (κ2) is 9.50. The van der Waals surface area contributed by atoms with E-state index in [4.69, 9.17) is 17.6 Å². The highest BCUT2D eigenvalue weighted by Crippen LogP contribution is 2.39. The average Bonchev–Trinajstić information content (AvgIpc) is 3.49. The topological polar surface area (TPSA) is 137 Å². The lowest BCUT2D eigenvalue weighted by Gasteiger charge is -2.33. The van der Waals surface area contributed by atoms with Gasteiger partial charge in [-0.1, -0.05) is 30.3 Å². The Morgan fingerprint density at radius 3 is 2.61 bits per heavy atom. The molecule has 9 heteroatoms. The highest BCUT2D eigenvalue weighted by Gasteiger charge is 2.47. The molecule has 2 bridgehead atoms. The predicted octanol–water partition coefficient (Wildman–Crippen LogP) is 2.76. The molecule has 1 aliphatic carbocycles. The number of anilines is 3. The van der Waals surface area contributed by atoms with Gasteiger partial charge in [-0.15, -0.1) is 6.42 Å². The molecule has 9 nitrogen and oxygen atoms in total. The van der Waals surface area contributed by atoms with Crippen molar-refractivity contribution in [1.29, 1.82) is 5.41 Å². The molecule has 2 aromatic carbocycles. The van der Waals surface area contributed by atoms with Crippen LogP contribution in [-0.2, 0) is 4.79 Å². The van der Waals surface area contributed by atoms with E-state index in [0.29, 0.717) is 40.7 Å². The van der Waals surface area contributed by atoms with Crippen LogP contribution in [0, 0.1) is 23.7 Å². The van der Waals surface area contributed by atoms with Crippen molar-refractivity contribution in [1.82, 2.24) is 14.9 Å². The van der Waals surface area contributed by atoms with Crippen molar-refractivity contribution >= 4 is 34.8 Å². The number of nitrogens with one attached hydrogen (secondary N) is 3. The third kappa shape index (κ3) is 4.36. The molecule has 1 aliphatic heterocycles. The zero-order valence-corrected chi connectivity index (χ0v) is 19.4. The Kier molecular flexibility index (Phi) is 6.09. The summed E-state index contributed by atoms with van der Waals surface area (Å²) in [6.45, 7) is 0.665. The van der Waals surface area contributed by atoms with Gasteiger partial charge in [0.25, 0.3) is 11.8 Å². The lowest BCUT2D eigenvalue weighted by atomic mass is 9.99. The number of terminal acetylenes is 1. The summed E-state index contributed by atoms with van der Waals surface area (Å²) in [5.41, 5.74) is 8.22. The first kappa shape index (κ1) is 23.1. The zero-order chi connectivity index (χ0) is 25.2. The molecule has 3 aromatic rings. The van der Waals surface area contributed by atoms with E-state index in [-0.39, 0.29) is 35.4 Å². The summed E-state index contributed by atoms with van der Waals surface area (Å²) >= 11 is 0. The van der Waals surface area contributed by atoms with Crippen LogP contribution >= 0.6 is 0 Å². The maximum absolute atomic E-state index is 12.8. The van der Waals surface area contributed by atoms with Crippen LogP contribution in [0.15, 0.2) is 60.9 Å². The molecule has 1 saturated carbocycles. The molecule has 3 atom stereocenters. The predicted molar refractivity (Wildman–Crippen MR) is 138 cm³/mol. The third-order valence-corrected chi connectivity index (χ3v) is 6.76. The molecule has 3 unspecified atom stereocenters. The Bertz CT molecular complexity index is 1380. The van der Waals surface area contributed by atoms with Crippen molar-refractivity contribution in [2.45, 2.75) is 24.9 Å². The molecular formula is C27H25N7O2. The quantitative estimate of drug-likeness (QED) is 0.317. The van der Waals surface area contributed by atoms with Crippen LogP contribution in [0.1, 0.15) is 34.3 Å². The minimum atomic E-state index is -0.310. The summed E-state index contributed by atoms with van der Waals surface area (Å²) in [6.07, 6.45) is 8.43. The van der Waals surface area contributed by atoms with E-state index in [9.17, 15) is 9.59 Å². The minimum Gasteiger partial charge on any atom is -0.383 e. The van der Waals surface area contributed by atoms with Gasteiger partial charge in [0.1, 0.15) is 18.0 Å². The fourth-order valence-corrected chi connectivity index (χ4v) is 5.11. The number of carbonyl (C=O) groups is 2. The van der Waals surface area contributed by atoms with Gasteiger partial charge in [-0.2, -0.15) is 0 Å². The molecule has 2 heterocycles. The van der Waals surface area contributed by atoms with Crippen molar-refractivity contribution in [3.8, 4) is 12.3 Å². The lowest BCUT2D eigenvalue weighted by Crippen LogP contribution is -2.47. The van der Waals surface area contributed by atoms with Crippen molar-refractivity contribution in [2.24, 2.45) is 5.92 Å². The summed E-state index contributed by atoms with van der Waals surface area (Å²) in [7, 11) is 0. The van der Waals surface area contributed by atoms with Crippen molar-refractivity contribution in [3.05, 3.63) is 77.6 Å². The number of para-hydroxylation sites is 1. The van der Waals surface area contributed by atoms with E-state index < -0.39 is 0 Å². The zero-order valence-electron chi connectivity index (χ0n) is 19.4. The van der Waals surface area contributed by atoms with Gasteiger partial charge >= 0.3 is 0 Å². The number of hydrogen-bond acceptors (Lipinski definition) is 7. The van der Waals surface area contributed by atoms with Gasteiger partial charge in [0.2, 0.25) is 0 Å². The molecule has 36 heavy (non-hydrogen) atoms. The monoisotopic (exact) mass is 479 g/mol. The average molecular weight is 480 g/mol. The number of fused-ring (bicyclic) bond motifs is 2. The van der Waals surface area contributed by atoms with E-state index in [1.165, 1.54) is 6.33 Å². The van der Waals surface area contributed by atoms with E-state index in [0.717, 1.165) is 12.8 Å². The molecule has 180 valence electrons. The smallest absolute Gasteiger partial charge is 0.298 e. The number of rotatable bonds is 6. The van der Waals surface area contributed by atoms with E-state index in [2.05, 4.69) is 26.5 Å². The number of nitrogens with two attached hydrogens (primary N) is 1. The summed E-state index contributed by atoms with van der Waals surface area (Å²) in [5, 5.41) is 15.2. The standard InChI is InChI=1S/C27H25N7O2/c1-2-22(35)34-14-16-11-20(21(34)12-16)33-26-23(25(29)30-15-31-26)24(28)17-7-6-8-18(13-17)27(36)32-19-9-4-3-5-10-19/h1,3-10,13,15-16,20-21,28H,11-12,14H2,(H,32,36)(H3,29,30,31,33). The van der Waals surface area contributed by atoms with Crippen LogP contribution in [0.2, 0.25) is 0 Å². The molecule has 0 radical (unpaired) electrons. The first-order valence-corrected chi connectivity index (χ1v) is 11.6. The van der Waals surface area contributed by atoms with Gasteiger partial charge in [-0.25, -0.2) is 9.97 Å². The molecule has 2 fully saturated rings. The Morgan fingerprint density at radius 1 is 1.08 bits per heavy atom. The van der Waals surface area contributed by atoms with E-state index >= 15 is 0 Å². The van der Waals surface area contributed by atoms with Gasteiger partial charge in [0, 0.05) is 29.4 Å². The first-order chi connectivity index (χ1) is 17.4. The minimum absolute atomic E-state index is 0.0400. The largest absolute Gasteiger partial charge is 0.383 e. The Hall–Kier alpha value is -4.71. The molecule has 0 spiro atoms. The number of benzene rings is 2. The van der Waals surface area contributed by atoms with Crippen LogP contribution in [-0.4, -0.2) is 51.0 Å². The molecule has 5 rings (SSSR count). The number of nitrogens with zero attached hydrogens (tertiary/aromatic N) is 3. The normalized spacial score (nSPS) is 20.0. The van der Waals surface area contributed by atoms with Gasteiger partial charge in [-0.3, -0.25) is 15.0 Å². The number of carbonyl (C=O) groups excluding carboxylic acids is 2. The molecule has 5 N–H and O–H groups in total. The van der Waals surface area contributed by atoms with Crippen molar-refractivity contribution < 1.29 is 9.59 Å². The highest BCUT2D eigenvalue weighted by atomic mass is 16.2. The van der Waals surface area contributed by atoms with Gasteiger partial charge in [-0.05, 0) is 48.9 Å². The fourth-order valence-electron chi connectivity index (χ4n) is 5.11. The number of aromatic nitrogens is 2. The molecule has 2 amide bonds. The number of amides is 2. The van der Waals surface area contributed by atoms with Crippen LogP contribution in [0.25, 0.3) is 0 Å². The van der Waals surface area contributed by atoms with Crippen molar-refractivity contribution in [3.63, 3.8) is 0 Å². The third-order valence-electron chi connectivity index (χ3n) is 6.76. The van der Waals surface area contributed by atoms with Crippen LogP contribution in [0.3, 0.4) is 0 Å². The Balaban J connectivity index is 1.39. The van der Waals surface area contributed by atoms with Crippen LogP contribution in [0.5, 0.6) is 0 Å². The SMILES string of the molecule is C#CC(=O)N1CC2CC(Nc3ncnc(N)c3C(=N)c3cccc(C(=O)Nc4ccccc4)c3)C1C2. The molecule has 1 aromatic heterocycles. The molecule has 2 aliphatic rings. The lowest BCUT2D eigenvalue weighted by molar-refractivity contribution is -0.126. The van der Waals surface area contributed by atoms with Crippen molar-refractivity contribution in [2.75, 3.05) is 22.9 Å². The fraction of sp³-hybridized carbons (Fsp3) is 0.222. The summed E-state index contributed by atoms with van der Waals surface area (Å²) in [6, 6.07) is 15.8. The summed E-state index contributed by atoms with van der Waals surface area (Å²) in [5.74, 6) is 2.55. The van der Waals surface area contributed by atoms with Gasteiger partial charge in [0.05, 0.1) is 17.3 Å². The summed E-state index contributed by atoms with van der Waals surface area (Å²) in [4.78, 5) is 35.1.